The van der Waals surface area contributed by atoms with Crippen molar-refractivity contribution in [2.24, 2.45) is 5.92 Å². The second-order valence-electron chi connectivity index (χ2n) is 5.56. The average Bonchev–Trinajstić information content (AvgIpc) is 2.75. The molecule has 2 atom stereocenters. The predicted molar refractivity (Wildman–Crippen MR) is 86.1 cm³/mol. The Hall–Kier alpha value is -1.83. The monoisotopic (exact) mass is 284 g/mol. The lowest BCUT2D eigenvalue weighted by Crippen LogP contribution is -2.11. The van der Waals surface area contributed by atoms with Gasteiger partial charge in [0.15, 0.2) is 0 Å². The zero-order chi connectivity index (χ0) is 15.1. The van der Waals surface area contributed by atoms with Gasteiger partial charge >= 0.3 is 5.97 Å². The van der Waals surface area contributed by atoms with Crippen LogP contribution in [-0.4, -0.2) is 13.1 Å². The molecular weight excluding hydrogens is 260 g/mol. The molecule has 1 aromatic rings. The molecule has 0 amide bonds. The third-order valence-electron chi connectivity index (χ3n) is 4.09. The van der Waals surface area contributed by atoms with Gasteiger partial charge in [-0.3, -0.25) is 0 Å². The fourth-order valence-corrected chi connectivity index (χ4v) is 2.91. The number of ether oxygens (including phenoxy) is 1. The molecule has 1 aromatic carbocycles. The van der Waals surface area contributed by atoms with Crippen molar-refractivity contribution in [3.05, 3.63) is 59.7 Å². The Balaban J connectivity index is 2.33. The van der Waals surface area contributed by atoms with Crippen LogP contribution in [0.15, 0.2) is 54.1 Å². The predicted octanol–water partition coefficient (Wildman–Crippen LogP) is 4.64. The molecule has 0 aromatic heterocycles. The van der Waals surface area contributed by atoms with Crippen LogP contribution in [0.3, 0.4) is 0 Å². The summed E-state index contributed by atoms with van der Waals surface area (Å²) in [6.07, 6.45) is 10.7. The Labute approximate surface area is 127 Å². The zero-order valence-corrected chi connectivity index (χ0v) is 12.9. The third-order valence-corrected chi connectivity index (χ3v) is 4.09. The fourth-order valence-electron chi connectivity index (χ4n) is 2.91. The average molecular weight is 284 g/mol. The quantitative estimate of drug-likeness (QED) is 0.582. The van der Waals surface area contributed by atoms with Crippen LogP contribution in [0.1, 0.15) is 44.1 Å². The number of benzene rings is 1. The van der Waals surface area contributed by atoms with Gasteiger partial charge < -0.3 is 4.74 Å². The molecule has 0 saturated heterocycles. The van der Waals surface area contributed by atoms with E-state index in [0.717, 1.165) is 12.0 Å². The van der Waals surface area contributed by atoms with Crippen LogP contribution in [0.4, 0.5) is 0 Å². The van der Waals surface area contributed by atoms with E-state index < -0.39 is 0 Å². The van der Waals surface area contributed by atoms with Gasteiger partial charge in [0.05, 0.1) is 7.11 Å². The third kappa shape index (κ3) is 4.07. The first-order valence-corrected chi connectivity index (χ1v) is 7.77. The summed E-state index contributed by atoms with van der Waals surface area (Å²) in [6, 6.07) is 10.4. The summed E-state index contributed by atoms with van der Waals surface area (Å²) in [7, 11) is 1.45. The standard InChI is InChI=1S/C19H24O2/c1-3-4-9-15-12-8-13-17(19(20)21-2)14-18(15)16-10-6-5-7-11-16/h5-8,10-12,14-15,18H,3-4,9,13H2,1-2H3/t15-,18+/m0/s1. The van der Waals surface area contributed by atoms with Gasteiger partial charge in [0.25, 0.3) is 0 Å². The molecule has 0 heterocycles. The Morgan fingerprint density at radius 1 is 1.29 bits per heavy atom. The van der Waals surface area contributed by atoms with Gasteiger partial charge in [-0.15, -0.1) is 0 Å². The minimum absolute atomic E-state index is 0.211. The number of rotatable bonds is 5. The number of methoxy groups -OCH3 is 1. The molecule has 2 heteroatoms. The summed E-state index contributed by atoms with van der Waals surface area (Å²) in [5.74, 6) is 0.497. The van der Waals surface area contributed by atoms with Crippen molar-refractivity contribution < 1.29 is 9.53 Å². The molecule has 2 nitrogen and oxygen atoms in total. The van der Waals surface area contributed by atoms with E-state index in [1.54, 1.807) is 0 Å². The lowest BCUT2D eigenvalue weighted by molar-refractivity contribution is -0.136. The van der Waals surface area contributed by atoms with Crippen molar-refractivity contribution in [3.63, 3.8) is 0 Å². The highest BCUT2D eigenvalue weighted by Crippen LogP contribution is 2.35. The first-order chi connectivity index (χ1) is 10.3. The number of allylic oxidation sites excluding steroid dienone is 3. The van der Waals surface area contributed by atoms with E-state index >= 15 is 0 Å². The molecule has 0 saturated carbocycles. The van der Waals surface area contributed by atoms with Crippen LogP contribution in [0.5, 0.6) is 0 Å². The molecule has 1 aliphatic rings. The van der Waals surface area contributed by atoms with E-state index in [1.165, 1.54) is 25.5 Å². The summed E-state index contributed by atoms with van der Waals surface area (Å²) in [5.41, 5.74) is 2.04. The molecule has 0 aliphatic heterocycles. The normalized spacial score (nSPS) is 21.5. The number of unbranched alkanes of at least 4 members (excludes halogenated alkanes) is 1. The van der Waals surface area contributed by atoms with Crippen LogP contribution in [-0.2, 0) is 9.53 Å². The Bertz CT molecular complexity index is 514. The molecule has 112 valence electrons. The van der Waals surface area contributed by atoms with Gasteiger partial charge in [-0.25, -0.2) is 4.79 Å². The lowest BCUT2D eigenvalue weighted by Gasteiger charge is -2.22. The van der Waals surface area contributed by atoms with Crippen molar-refractivity contribution in [3.8, 4) is 0 Å². The van der Waals surface area contributed by atoms with Crippen LogP contribution >= 0.6 is 0 Å². The molecule has 21 heavy (non-hydrogen) atoms. The molecule has 0 N–H and O–H groups in total. The number of carbonyl (C=O) groups is 1. The van der Waals surface area contributed by atoms with Gasteiger partial charge in [-0.1, -0.05) is 68.3 Å². The van der Waals surface area contributed by atoms with Crippen LogP contribution in [0.2, 0.25) is 0 Å². The lowest BCUT2D eigenvalue weighted by atomic mass is 9.82. The van der Waals surface area contributed by atoms with Gasteiger partial charge in [0, 0.05) is 11.5 Å². The SMILES string of the molecule is CCCC[C@H]1C=CCC(C(=O)OC)=C[C@H]1c1ccccc1. The maximum atomic E-state index is 11.9. The topological polar surface area (TPSA) is 26.3 Å². The summed E-state index contributed by atoms with van der Waals surface area (Å²) >= 11 is 0. The highest BCUT2D eigenvalue weighted by molar-refractivity contribution is 5.89. The van der Waals surface area contributed by atoms with Crippen LogP contribution in [0, 0.1) is 5.92 Å². The number of hydrogen-bond acceptors (Lipinski definition) is 2. The summed E-state index contributed by atoms with van der Waals surface area (Å²) in [5, 5.41) is 0. The molecular formula is C19H24O2. The van der Waals surface area contributed by atoms with Crippen LogP contribution in [0.25, 0.3) is 0 Å². The van der Waals surface area contributed by atoms with E-state index in [1.807, 2.05) is 6.07 Å². The van der Waals surface area contributed by atoms with Gasteiger partial charge in [0.1, 0.15) is 0 Å². The Morgan fingerprint density at radius 3 is 2.71 bits per heavy atom. The first-order valence-electron chi connectivity index (χ1n) is 7.77. The minimum atomic E-state index is -0.211. The van der Waals surface area contributed by atoms with Crippen molar-refractivity contribution in [1.29, 1.82) is 0 Å². The van der Waals surface area contributed by atoms with E-state index in [9.17, 15) is 4.79 Å². The largest absolute Gasteiger partial charge is 0.466 e. The maximum absolute atomic E-state index is 11.9. The van der Waals surface area contributed by atoms with Crippen molar-refractivity contribution in [2.75, 3.05) is 7.11 Å². The number of esters is 1. The number of carbonyl (C=O) groups excluding carboxylic acids is 1. The molecule has 1 aliphatic carbocycles. The van der Waals surface area contributed by atoms with E-state index in [4.69, 9.17) is 4.74 Å². The highest BCUT2D eigenvalue weighted by Gasteiger charge is 2.23. The second kappa shape index (κ2) is 7.82. The number of hydrogen-bond donors (Lipinski definition) is 0. The summed E-state index contributed by atoms with van der Waals surface area (Å²) in [4.78, 5) is 11.9. The second-order valence-corrected chi connectivity index (χ2v) is 5.56. The molecule has 0 bridgehead atoms. The van der Waals surface area contributed by atoms with Crippen molar-refractivity contribution in [1.82, 2.24) is 0 Å². The summed E-state index contributed by atoms with van der Waals surface area (Å²) < 4.78 is 4.90. The first kappa shape index (κ1) is 15.6. The molecule has 0 radical (unpaired) electrons. The molecule has 0 fully saturated rings. The molecule has 2 rings (SSSR count). The van der Waals surface area contributed by atoms with E-state index in [2.05, 4.69) is 49.4 Å². The van der Waals surface area contributed by atoms with Crippen molar-refractivity contribution >= 4 is 5.97 Å². The summed E-state index contributed by atoms with van der Waals surface area (Å²) in [6.45, 7) is 2.22. The van der Waals surface area contributed by atoms with Gasteiger partial charge in [-0.2, -0.15) is 0 Å². The molecule has 0 spiro atoms. The van der Waals surface area contributed by atoms with Gasteiger partial charge in [0.2, 0.25) is 0 Å². The highest BCUT2D eigenvalue weighted by atomic mass is 16.5. The zero-order valence-electron chi connectivity index (χ0n) is 12.9. The maximum Gasteiger partial charge on any atom is 0.333 e. The smallest absolute Gasteiger partial charge is 0.333 e. The van der Waals surface area contributed by atoms with Crippen molar-refractivity contribution in [2.45, 2.75) is 38.5 Å². The fraction of sp³-hybridized carbons (Fsp3) is 0.421. The van der Waals surface area contributed by atoms with Gasteiger partial charge in [-0.05, 0) is 24.3 Å². The molecule has 0 unspecified atom stereocenters. The van der Waals surface area contributed by atoms with E-state index in [-0.39, 0.29) is 11.9 Å². The Morgan fingerprint density at radius 2 is 2.05 bits per heavy atom. The minimum Gasteiger partial charge on any atom is -0.466 e. The Kier molecular flexibility index (Phi) is 5.79. The van der Waals surface area contributed by atoms with Crippen LogP contribution < -0.4 is 0 Å². The van der Waals surface area contributed by atoms with E-state index in [0.29, 0.717) is 12.3 Å².